The van der Waals surface area contributed by atoms with Crippen molar-refractivity contribution in [3.8, 4) is 0 Å². The van der Waals surface area contributed by atoms with Crippen LogP contribution >= 0.6 is 0 Å². The molecule has 0 aliphatic heterocycles. The molecule has 3 aromatic carbocycles. The summed E-state index contributed by atoms with van der Waals surface area (Å²) in [5.74, 6) is -3.29. The summed E-state index contributed by atoms with van der Waals surface area (Å²) >= 11 is 0. The largest absolute Gasteiger partial charge is 0.468 e. The molecule has 0 fully saturated rings. The summed E-state index contributed by atoms with van der Waals surface area (Å²) in [7, 11) is 1.22. The number of amides is 2. The minimum atomic E-state index is -0.798. The maximum absolute atomic E-state index is 13.6. The minimum absolute atomic E-state index is 0.139. The molecule has 33 heavy (non-hydrogen) atoms. The van der Waals surface area contributed by atoms with E-state index in [4.69, 9.17) is 4.74 Å². The van der Waals surface area contributed by atoms with Crippen LogP contribution in [-0.2, 0) is 25.5 Å². The van der Waals surface area contributed by atoms with Gasteiger partial charge in [0.1, 0.15) is 24.7 Å². The maximum Gasteiger partial charge on any atom is 0.325 e. The Kier molecular flexibility index (Phi) is 7.86. The lowest BCUT2D eigenvalue weighted by molar-refractivity contribution is -0.139. The molecule has 0 radical (unpaired) electrons. The van der Waals surface area contributed by atoms with Crippen molar-refractivity contribution in [3.63, 3.8) is 0 Å². The second-order valence-electron chi connectivity index (χ2n) is 7.16. The van der Waals surface area contributed by atoms with Crippen LogP contribution in [0.25, 0.3) is 0 Å². The van der Waals surface area contributed by atoms with Gasteiger partial charge in [-0.05, 0) is 42.0 Å². The van der Waals surface area contributed by atoms with Crippen LogP contribution in [0.3, 0.4) is 0 Å². The number of rotatable bonds is 8. The number of hydrogen-bond acceptors (Lipinski definition) is 4. The monoisotopic (exact) mass is 452 g/mol. The van der Waals surface area contributed by atoms with Crippen molar-refractivity contribution < 1.29 is 27.9 Å². The van der Waals surface area contributed by atoms with Crippen LogP contribution in [0.15, 0.2) is 78.9 Å². The van der Waals surface area contributed by atoms with Gasteiger partial charge in [0.25, 0.3) is 0 Å². The quantitative estimate of drug-likeness (QED) is 0.489. The summed E-state index contributed by atoms with van der Waals surface area (Å²) in [6.07, 6.45) is -0.320. The van der Waals surface area contributed by atoms with Crippen molar-refractivity contribution in [1.29, 1.82) is 0 Å². The molecule has 0 spiro atoms. The van der Waals surface area contributed by atoms with E-state index < -0.39 is 36.0 Å². The van der Waals surface area contributed by atoms with Crippen LogP contribution < -0.4 is 9.80 Å². The average Bonchev–Trinajstić information content (AvgIpc) is 2.81. The molecular weight excluding hydrogens is 430 g/mol. The first-order valence-corrected chi connectivity index (χ1v) is 10.1. The van der Waals surface area contributed by atoms with Crippen LogP contribution in [0.1, 0.15) is 5.56 Å². The number of ether oxygens (including phenoxy) is 1. The van der Waals surface area contributed by atoms with E-state index in [0.29, 0.717) is 11.4 Å². The first kappa shape index (κ1) is 23.6. The Labute approximate surface area is 190 Å². The zero-order valence-corrected chi connectivity index (χ0v) is 17.9. The highest BCUT2D eigenvalue weighted by Crippen LogP contribution is 2.19. The van der Waals surface area contributed by atoms with E-state index >= 15 is 0 Å². The van der Waals surface area contributed by atoms with Gasteiger partial charge in [0, 0.05) is 17.4 Å². The van der Waals surface area contributed by atoms with E-state index in [1.165, 1.54) is 16.9 Å². The van der Waals surface area contributed by atoms with Crippen molar-refractivity contribution in [2.75, 3.05) is 30.0 Å². The molecule has 0 aliphatic rings. The van der Waals surface area contributed by atoms with Crippen LogP contribution in [0, 0.1) is 11.6 Å². The molecule has 3 rings (SSSR count). The fraction of sp³-hybridized carbons (Fsp3) is 0.160. The van der Waals surface area contributed by atoms with Gasteiger partial charge in [0.15, 0.2) is 0 Å². The lowest BCUT2D eigenvalue weighted by Crippen LogP contribution is -2.45. The van der Waals surface area contributed by atoms with E-state index in [0.717, 1.165) is 18.2 Å². The zero-order valence-electron chi connectivity index (χ0n) is 17.9. The summed E-state index contributed by atoms with van der Waals surface area (Å²) in [5, 5.41) is 0. The molecule has 0 saturated heterocycles. The minimum Gasteiger partial charge on any atom is -0.468 e. The normalized spacial score (nSPS) is 10.4. The van der Waals surface area contributed by atoms with Gasteiger partial charge < -0.3 is 9.64 Å². The summed E-state index contributed by atoms with van der Waals surface area (Å²) in [5.41, 5.74) is 1.03. The molecule has 0 saturated carbocycles. The van der Waals surface area contributed by atoms with Gasteiger partial charge in [-0.25, -0.2) is 8.78 Å². The van der Waals surface area contributed by atoms with Crippen molar-refractivity contribution in [2.24, 2.45) is 0 Å². The lowest BCUT2D eigenvalue weighted by Gasteiger charge is -2.27. The van der Waals surface area contributed by atoms with Gasteiger partial charge in [-0.15, -0.1) is 0 Å². The third-order valence-electron chi connectivity index (χ3n) is 4.82. The number of anilines is 2. The second-order valence-corrected chi connectivity index (χ2v) is 7.16. The van der Waals surface area contributed by atoms with Crippen molar-refractivity contribution >= 4 is 29.2 Å². The highest BCUT2D eigenvalue weighted by molar-refractivity contribution is 6.05. The highest BCUT2D eigenvalue weighted by Gasteiger charge is 2.25. The molecular formula is C25H22F2N2O4. The summed E-state index contributed by atoms with van der Waals surface area (Å²) < 4.78 is 31.9. The fourth-order valence-electron chi connectivity index (χ4n) is 3.26. The third kappa shape index (κ3) is 6.46. The lowest BCUT2D eigenvalue weighted by atomic mass is 10.1. The molecule has 0 heterocycles. The molecule has 2 amide bonds. The Hall–Kier alpha value is -4.07. The van der Waals surface area contributed by atoms with Crippen molar-refractivity contribution in [3.05, 3.63) is 96.1 Å². The number of carbonyl (C=O) groups excluding carboxylic acids is 3. The first-order chi connectivity index (χ1) is 15.9. The Morgan fingerprint density at radius 1 is 0.727 bits per heavy atom. The molecule has 8 heteroatoms. The van der Waals surface area contributed by atoms with Gasteiger partial charge in [0.05, 0.1) is 13.5 Å². The third-order valence-corrected chi connectivity index (χ3v) is 4.82. The molecule has 0 bridgehead atoms. The van der Waals surface area contributed by atoms with Gasteiger partial charge in [-0.1, -0.05) is 36.4 Å². The Morgan fingerprint density at radius 2 is 1.21 bits per heavy atom. The van der Waals surface area contributed by atoms with Crippen LogP contribution in [-0.4, -0.2) is 38.0 Å². The van der Waals surface area contributed by atoms with E-state index in [2.05, 4.69) is 0 Å². The number of halogens is 2. The SMILES string of the molecule is COC(=O)CN(C(=O)CN(C(=O)Cc1cc(F)cc(F)c1)c1ccccc1)c1ccccc1. The molecule has 0 N–H and O–H groups in total. The van der Waals surface area contributed by atoms with Gasteiger partial charge in [-0.3, -0.25) is 19.3 Å². The van der Waals surface area contributed by atoms with Crippen LogP contribution in [0.4, 0.5) is 20.2 Å². The van der Waals surface area contributed by atoms with E-state index in [1.807, 2.05) is 0 Å². The second kappa shape index (κ2) is 11.0. The standard InChI is InChI=1S/C25H22F2N2O4/c1-33-25(32)17-29(22-10-6-3-7-11-22)24(31)16-28(21-8-4-2-5-9-21)23(30)14-18-12-19(26)15-20(27)13-18/h2-13,15H,14,16-17H2,1H3. The molecule has 6 nitrogen and oxygen atoms in total. The predicted octanol–water partition coefficient (Wildman–Crippen LogP) is 3.75. The number of esters is 1. The number of benzene rings is 3. The number of methoxy groups -OCH3 is 1. The van der Waals surface area contributed by atoms with E-state index in [9.17, 15) is 23.2 Å². The summed E-state index contributed by atoms with van der Waals surface area (Å²) in [4.78, 5) is 40.7. The number of carbonyl (C=O) groups is 3. The van der Waals surface area contributed by atoms with Gasteiger partial charge in [0.2, 0.25) is 11.8 Å². The Morgan fingerprint density at radius 3 is 1.70 bits per heavy atom. The topological polar surface area (TPSA) is 66.9 Å². The Bertz CT molecular complexity index is 1100. The summed E-state index contributed by atoms with van der Waals surface area (Å²) in [6.45, 7) is -0.738. The molecule has 3 aromatic rings. The number of nitrogens with zero attached hydrogens (tertiary/aromatic N) is 2. The van der Waals surface area contributed by atoms with Crippen LogP contribution in [0.2, 0.25) is 0 Å². The molecule has 0 aliphatic carbocycles. The molecule has 0 unspecified atom stereocenters. The molecule has 0 aromatic heterocycles. The summed E-state index contributed by atoms with van der Waals surface area (Å²) in [6, 6.07) is 19.8. The van der Waals surface area contributed by atoms with Crippen molar-refractivity contribution in [2.45, 2.75) is 6.42 Å². The zero-order chi connectivity index (χ0) is 23.8. The predicted molar refractivity (Wildman–Crippen MR) is 120 cm³/mol. The smallest absolute Gasteiger partial charge is 0.325 e. The van der Waals surface area contributed by atoms with E-state index in [1.54, 1.807) is 60.7 Å². The maximum atomic E-state index is 13.6. The Balaban J connectivity index is 1.89. The van der Waals surface area contributed by atoms with Crippen LogP contribution in [0.5, 0.6) is 0 Å². The van der Waals surface area contributed by atoms with Gasteiger partial charge >= 0.3 is 5.97 Å². The van der Waals surface area contributed by atoms with E-state index in [-0.39, 0.29) is 18.5 Å². The number of para-hydroxylation sites is 2. The van der Waals surface area contributed by atoms with Crippen molar-refractivity contribution in [1.82, 2.24) is 0 Å². The number of hydrogen-bond donors (Lipinski definition) is 0. The van der Waals surface area contributed by atoms with Gasteiger partial charge in [-0.2, -0.15) is 0 Å². The molecule has 170 valence electrons. The molecule has 0 atom stereocenters. The average molecular weight is 452 g/mol. The highest BCUT2D eigenvalue weighted by atomic mass is 19.1. The fourth-order valence-corrected chi connectivity index (χ4v) is 3.26. The first-order valence-electron chi connectivity index (χ1n) is 10.1.